The van der Waals surface area contributed by atoms with Crippen LogP contribution in [0.2, 0.25) is 0 Å². The summed E-state index contributed by atoms with van der Waals surface area (Å²) >= 11 is 1.67. The van der Waals surface area contributed by atoms with Crippen molar-refractivity contribution in [2.75, 3.05) is 46.8 Å². The second-order valence-corrected chi connectivity index (χ2v) is 7.65. The lowest BCUT2D eigenvalue weighted by atomic mass is 10.3. The van der Waals surface area contributed by atoms with Crippen molar-refractivity contribution in [3.8, 4) is 0 Å². The van der Waals surface area contributed by atoms with Gasteiger partial charge in [0, 0.05) is 45.2 Å². The Morgan fingerprint density at radius 3 is 2.54 bits per heavy atom. The molecule has 3 heterocycles. The molecule has 0 atom stereocenters. The van der Waals surface area contributed by atoms with Gasteiger partial charge in [-0.1, -0.05) is 6.07 Å². The SMILES string of the molecule is CN(C)C(=O)CN=C(NCc1cccs1)N1CCN(C(=O)c2ccco2)CC1. The predicted molar refractivity (Wildman–Crippen MR) is 108 cm³/mol. The average molecular weight is 404 g/mol. The smallest absolute Gasteiger partial charge is 0.289 e. The van der Waals surface area contributed by atoms with Crippen LogP contribution in [0.25, 0.3) is 0 Å². The van der Waals surface area contributed by atoms with E-state index in [1.807, 2.05) is 11.4 Å². The first kappa shape index (κ1) is 19.9. The molecule has 1 saturated heterocycles. The van der Waals surface area contributed by atoms with E-state index >= 15 is 0 Å². The molecule has 2 aromatic rings. The second-order valence-electron chi connectivity index (χ2n) is 6.62. The van der Waals surface area contributed by atoms with Crippen LogP contribution in [0.5, 0.6) is 0 Å². The molecule has 8 nitrogen and oxygen atoms in total. The molecule has 0 unspecified atom stereocenters. The van der Waals surface area contributed by atoms with Crippen LogP contribution in [0.4, 0.5) is 0 Å². The summed E-state index contributed by atoms with van der Waals surface area (Å²) in [7, 11) is 3.44. The standard InChI is InChI=1S/C19H25N5O3S/c1-22(2)17(25)14-21-19(20-13-15-5-4-12-28-15)24-9-7-23(8-10-24)18(26)16-6-3-11-27-16/h3-6,11-12H,7-10,13-14H2,1-2H3,(H,20,21). The van der Waals surface area contributed by atoms with Crippen molar-refractivity contribution < 1.29 is 14.0 Å². The van der Waals surface area contributed by atoms with Gasteiger partial charge >= 0.3 is 0 Å². The Bertz CT molecular complexity index is 794. The van der Waals surface area contributed by atoms with Crippen molar-refractivity contribution in [1.82, 2.24) is 20.0 Å². The van der Waals surface area contributed by atoms with Crippen molar-refractivity contribution in [2.24, 2.45) is 4.99 Å². The molecule has 1 aliphatic heterocycles. The number of amides is 2. The molecule has 1 fully saturated rings. The molecular weight excluding hydrogens is 378 g/mol. The third kappa shape index (κ3) is 5.13. The average Bonchev–Trinajstić information content (AvgIpc) is 3.41. The fourth-order valence-electron chi connectivity index (χ4n) is 2.81. The van der Waals surface area contributed by atoms with Crippen LogP contribution in [0.1, 0.15) is 15.4 Å². The number of likely N-dealkylation sites (N-methyl/N-ethyl adjacent to an activating group) is 1. The van der Waals surface area contributed by atoms with Crippen LogP contribution in [-0.2, 0) is 11.3 Å². The van der Waals surface area contributed by atoms with E-state index in [1.54, 1.807) is 42.5 Å². The molecule has 2 amide bonds. The summed E-state index contributed by atoms with van der Waals surface area (Å²) in [5.74, 6) is 0.892. The van der Waals surface area contributed by atoms with Gasteiger partial charge in [-0.15, -0.1) is 11.3 Å². The minimum Gasteiger partial charge on any atom is -0.459 e. The number of hydrogen-bond acceptors (Lipinski definition) is 5. The topological polar surface area (TPSA) is 81.4 Å². The molecule has 0 saturated carbocycles. The highest BCUT2D eigenvalue weighted by Crippen LogP contribution is 2.11. The molecule has 0 aromatic carbocycles. The van der Waals surface area contributed by atoms with Gasteiger partial charge in [-0.2, -0.15) is 0 Å². The summed E-state index contributed by atoms with van der Waals surface area (Å²) < 4.78 is 5.21. The lowest BCUT2D eigenvalue weighted by Gasteiger charge is -2.36. The molecule has 1 N–H and O–H groups in total. The highest BCUT2D eigenvalue weighted by Gasteiger charge is 2.25. The molecule has 0 spiro atoms. The Kier molecular flexibility index (Phi) is 6.70. The number of nitrogens with one attached hydrogen (secondary N) is 1. The number of aliphatic imine (C=N–C) groups is 1. The first-order valence-corrected chi connectivity index (χ1v) is 10.0. The number of nitrogens with zero attached hydrogens (tertiary/aromatic N) is 4. The van der Waals surface area contributed by atoms with Crippen LogP contribution < -0.4 is 5.32 Å². The largest absolute Gasteiger partial charge is 0.459 e. The minimum absolute atomic E-state index is 0.0537. The van der Waals surface area contributed by atoms with E-state index in [9.17, 15) is 9.59 Å². The second kappa shape index (κ2) is 9.41. The molecule has 28 heavy (non-hydrogen) atoms. The first-order chi connectivity index (χ1) is 13.5. The molecule has 150 valence electrons. The van der Waals surface area contributed by atoms with Crippen molar-refractivity contribution in [2.45, 2.75) is 6.54 Å². The van der Waals surface area contributed by atoms with Crippen LogP contribution in [0.3, 0.4) is 0 Å². The summed E-state index contributed by atoms with van der Waals surface area (Å²) in [6.07, 6.45) is 1.50. The fourth-order valence-corrected chi connectivity index (χ4v) is 3.45. The number of furan rings is 1. The van der Waals surface area contributed by atoms with Gasteiger partial charge in [-0.25, -0.2) is 4.99 Å². The maximum Gasteiger partial charge on any atom is 0.289 e. The zero-order valence-corrected chi connectivity index (χ0v) is 16.9. The van der Waals surface area contributed by atoms with Gasteiger partial charge in [0.1, 0.15) is 6.54 Å². The number of carbonyl (C=O) groups excluding carboxylic acids is 2. The fraction of sp³-hybridized carbons (Fsp3) is 0.421. The Morgan fingerprint density at radius 1 is 1.18 bits per heavy atom. The Hall–Kier alpha value is -2.81. The molecule has 2 aromatic heterocycles. The number of rotatable bonds is 5. The maximum atomic E-state index is 12.4. The third-order valence-corrected chi connectivity index (χ3v) is 5.34. The molecule has 0 aliphatic carbocycles. The Labute approximate surface area is 168 Å². The van der Waals surface area contributed by atoms with Gasteiger partial charge in [0.25, 0.3) is 5.91 Å². The summed E-state index contributed by atoms with van der Waals surface area (Å²) in [5.41, 5.74) is 0. The summed E-state index contributed by atoms with van der Waals surface area (Å²) in [6.45, 7) is 3.16. The van der Waals surface area contributed by atoms with Gasteiger partial charge in [0.15, 0.2) is 11.7 Å². The minimum atomic E-state index is -0.0996. The zero-order chi connectivity index (χ0) is 19.9. The van der Waals surface area contributed by atoms with Crippen molar-refractivity contribution in [3.63, 3.8) is 0 Å². The van der Waals surface area contributed by atoms with Gasteiger partial charge in [-0.3, -0.25) is 9.59 Å². The monoisotopic (exact) mass is 403 g/mol. The summed E-state index contributed by atoms with van der Waals surface area (Å²) in [6, 6.07) is 7.45. The maximum absolute atomic E-state index is 12.4. The van der Waals surface area contributed by atoms with E-state index in [1.165, 1.54) is 16.0 Å². The van der Waals surface area contributed by atoms with E-state index in [0.717, 1.165) is 0 Å². The van der Waals surface area contributed by atoms with Gasteiger partial charge in [0.2, 0.25) is 5.91 Å². The Balaban J connectivity index is 1.62. The van der Waals surface area contributed by atoms with E-state index < -0.39 is 0 Å². The molecule has 1 aliphatic rings. The summed E-state index contributed by atoms with van der Waals surface area (Å²) in [5, 5.41) is 5.38. The van der Waals surface area contributed by atoms with E-state index in [2.05, 4.69) is 21.3 Å². The molecule has 0 bridgehead atoms. The number of thiophene rings is 1. The van der Waals surface area contributed by atoms with Gasteiger partial charge in [0.05, 0.1) is 12.8 Å². The van der Waals surface area contributed by atoms with E-state index in [4.69, 9.17) is 4.42 Å². The lowest BCUT2D eigenvalue weighted by Crippen LogP contribution is -2.53. The number of guanidine groups is 1. The molecular formula is C19H25N5O3S. The first-order valence-electron chi connectivity index (χ1n) is 9.13. The normalized spacial score (nSPS) is 14.9. The Morgan fingerprint density at radius 2 is 1.93 bits per heavy atom. The van der Waals surface area contributed by atoms with Gasteiger partial charge in [-0.05, 0) is 23.6 Å². The zero-order valence-electron chi connectivity index (χ0n) is 16.1. The number of hydrogen-bond donors (Lipinski definition) is 1. The quantitative estimate of drug-likeness (QED) is 0.602. The van der Waals surface area contributed by atoms with Crippen LogP contribution in [0.15, 0.2) is 45.3 Å². The van der Waals surface area contributed by atoms with Crippen LogP contribution in [0, 0.1) is 0 Å². The van der Waals surface area contributed by atoms with E-state index in [-0.39, 0.29) is 18.4 Å². The molecule has 9 heteroatoms. The summed E-state index contributed by atoms with van der Waals surface area (Å²) in [4.78, 5) is 35.5. The lowest BCUT2D eigenvalue weighted by molar-refractivity contribution is -0.127. The van der Waals surface area contributed by atoms with Crippen molar-refractivity contribution >= 4 is 29.1 Å². The molecule has 3 rings (SSSR count). The number of carbonyl (C=O) groups is 2. The predicted octanol–water partition coefficient (Wildman–Crippen LogP) is 1.33. The van der Waals surface area contributed by atoms with Gasteiger partial charge < -0.3 is 24.4 Å². The van der Waals surface area contributed by atoms with Crippen molar-refractivity contribution in [3.05, 3.63) is 46.5 Å². The van der Waals surface area contributed by atoms with Crippen LogP contribution >= 0.6 is 11.3 Å². The highest BCUT2D eigenvalue weighted by molar-refractivity contribution is 7.09. The molecule has 0 radical (unpaired) electrons. The highest BCUT2D eigenvalue weighted by atomic mass is 32.1. The van der Waals surface area contributed by atoms with Crippen LogP contribution in [-0.4, -0.2) is 79.3 Å². The number of piperazine rings is 1. The third-order valence-electron chi connectivity index (χ3n) is 4.46. The van der Waals surface area contributed by atoms with Crippen molar-refractivity contribution in [1.29, 1.82) is 0 Å². The van der Waals surface area contributed by atoms with E-state index in [0.29, 0.717) is 44.4 Å².